The zero-order valence-electron chi connectivity index (χ0n) is 15.3. The Morgan fingerprint density at radius 2 is 2.11 bits per heavy atom. The summed E-state index contributed by atoms with van der Waals surface area (Å²) >= 11 is 6.21. The Bertz CT molecular complexity index is 871. The number of benzene rings is 1. The monoisotopic (exact) mass is 392 g/mol. The molecule has 0 atom stereocenters. The third kappa shape index (κ3) is 5.49. The van der Waals surface area contributed by atoms with Crippen LogP contribution < -0.4 is 11.1 Å². The highest BCUT2D eigenvalue weighted by Crippen LogP contribution is 2.29. The van der Waals surface area contributed by atoms with E-state index in [9.17, 15) is 9.59 Å². The van der Waals surface area contributed by atoms with Crippen molar-refractivity contribution in [2.75, 3.05) is 17.7 Å². The van der Waals surface area contributed by atoms with Crippen LogP contribution in [0, 0.1) is 0 Å². The Kier molecular flexibility index (Phi) is 6.12. The largest absolute Gasteiger partial charge is 0.445 e. The normalized spacial score (nSPS) is 11.0. The molecule has 0 aliphatic rings. The number of rotatable bonds is 4. The fourth-order valence-corrected chi connectivity index (χ4v) is 2.28. The number of carbonyl (C=O) groups is 2. The number of carbonyl (C=O) groups excluding carboxylic acids is 2. The first-order valence-electron chi connectivity index (χ1n) is 8.03. The van der Waals surface area contributed by atoms with E-state index in [1.54, 1.807) is 39.0 Å². The molecule has 1 aromatic heterocycles. The second-order valence-electron chi connectivity index (χ2n) is 6.54. The van der Waals surface area contributed by atoms with Crippen molar-refractivity contribution in [3.63, 3.8) is 0 Å². The molecule has 0 fully saturated rings. The van der Waals surface area contributed by atoms with Gasteiger partial charge < -0.3 is 15.2 Å². The number of nitrogens with one attached hydrogen (secondary N) is 1. The lowest BCUT2D eigenvalue weighted by Crippen LogP contribution is -2.27. The van der Waals surface area contributed by atoms with E-state index in [4.69, 9.17) is 26.8 Å². The highest BCUT2D eigenvalue weighted by molar-refractivity contribution is 6.34. The lowest BCUT2D eigenvalue weighted by molar-refractivity contribution is 0.0540. The number of hydrogen-bond donors (Lipinski definition) is 2. The minimum atomic E-state index is -0.662. The maximum Gasteiger partial charge on any atom is 0.421 e. The summed E-state index contributed by atoms with van der Waals surface area (Å²) in [5.41, 5.74) is 6.56. The van der Waals surface area contributed by atoms with Crippen LogP contribution in [0.4, 0.5) is 21.2 Å². The smallest absolute Gasteiger partial charge is 0.421 e. The van der Waals surface area contributed by atoms with Crippen molar-refractivity contribution in [1.29, 1.82) is 0 Å². The van der Waals surface area contributed by atoms with Gasteiger partial charge in [-0.1, -0.05) is 30.3 Å². The van der Waals surface area contributed by atoms with Crippen molar-refractivity contribution < 1.29 is 19.1 Å². The van der Waals surface area contributed by atoms with Crippen LogP contribution in [0.25, 0.3) is 11.3 Å². The average Bonchev–Trinajstić information content (AvgIpc) is 2.95. The van der Waals surface area contributed by atoms with E-state index in [1.165, 1.54) is 12.3 Å². The first-order valence-corrected chi connectivity index (χ1v) is 8.41. The number of aromatic nitrogens is 2. The molecule has 0 saturated heterocycles. The van der Waals surface area contributed by atoms with E-state index in [-0.39, 0.29) is 17.6 Å². The number of nitrogens with zero attached hydrogens (tertiary/aromatic N) is 2. The summed E-state index contributed by atoms with van der Waals surface area (Å²) in [5, 5.41) is 2.79. The highest BCUT2D eigenvalue weighted by atomic mass is 35.5. The zero-order chi connectivity index (χ0) is 20.2. The maximum atomic E-state index is 12.2. The van der Waals surface area contributed by atoms with E-state index in [2.05, 4.69) is 16.9 Å². The van der Waals surface area contributed by atoms with Crippen molar-refractivity contribution in [1.82, 2.24) is 9.55 Å². The van der Waals surface area contributed by atoms with Gasteiger partial charge in [-0.15, -0.1) is 0 Å². The molecule has 9 heteroatoms. The number of amides is 1. The minimum Gasteiger partial charge on any atom is -0.445 e. The second kappa shape index (κ2) is 8.13. The summed E-state index contributed by atoms with van der Waals surface area (Å²) in [4.78, 5) is 27.9. The third-order valence-electron chi connectivity index (χ3n) is 3.16. The Balaban J connectivity index is 2.21. The summed E-state index contributed by atoms with van der Waals surface area (Å²) in [6.45, 7) is 8.81. The number of nitrogens with two attached hydrogens (primary N) is 1. The molecule has 0 aliphatic heterocycles. The second-order valence-corrected chi connectivity index (χ2v) is 6.95. The van der Waals surface area contributed by atoms with E-state index in [0.29, 0.717) is 16.9 Å². The number of anilines is 2. The Morgan fingerprint density at radius 3 is 2.70 bits per heavy atom. The molecule has 0 unspecified atom stereocenters. The van der Waals surface area contributed by atoms with E-state index >= 15 is 0 Å². The number of ether oxygens (including phenoxy) is 2. The van der Waals surface area contributed by atoms with Gasteiger partial charge in [0.05, 0.1) is 16.4 Å². The van der Waals surface area contributed by atoms with Gasteiger partial charge in [-0.3, -0.25) is 5.32 Å². The van der Waals surface area contributed by atoms with E-state index < -0.39 is 17.8 Å². The summed E-state index contributed by atoms with van der Waals surface area (Å²) in [7, 11) is 0. The Hall–Kier alpha value is -3.00. The standard InChI is InChI=1S/C18H21ClN4O4/c1-5-8-26-16(24)22-13-7-6-11(9-12(13)19)14-10-23(15(20)21-14)17(25)27-18(2,3)4/h5-7,9-10H,1,8H2,2-4H3,(H2,20,21)(H,22,24). The SMILES string of the molecule is C=CCOC(=O)Nc1ccc(-c2cn(C(=O)OC(C)(C)C)c(N)n2)cc1Cl. The number of nitrogen functional groups attached to an aromatic ring is 1. The molecule has 27 heavy (non-hydrogen) atoms. The van der Waals surface area contributed by atoms with Gasteiger partial charge in [0, 0.05) is 11.8 Å². The first kappa shape index (κ1) is 20.3. The molecule has 1 amide bonds. The van der Waals surface area contributed by atoms with Crippen molar-refractivity contribution in [2.45, 2.75) is 26.4 Å². The average molecular weight is 393 g/mol. The third-order valence-corrected chi connectivity index (χ3v) is 3.47. The van der Waals surface area contributed by atoms with Gasteiger partial charge in [0.15, 0.2) is 0 Å². The van der Waals surface area contributed by atoms with Crippen LogP contribution in [-0.2, 0) is 9.47 Å². The van der Waals surface area contributed by atoms with E-state index in [0.717, 1.165) is 4.57 Å². The van der Waals surface area contributed by atoms with Gasteiger partial charge in [-0.2, -0.15) is 0 Å². The summed E-state index contributed by atoms with van der Waals surface area (Å²) < 4.78 is 11.2. The van der Waals surface area contributed by atoms with Crippen molar-refractivity contribution in [3.05, 3.63) is 42.1 Å². The minimum absolute atomic E-state index is 0.00873. The number of imidazole rings is 1. The molecule has 0 radical (unpaired) electrons. The lowest BCUT2D eigenvalue weighted by atomic mass is 10.1. The fourth-order valence-electron chi connectivity index (χ4n) is 2.05. The van der Waals surface area contributed by atoms with Crippen LogP contribution in [-0.4, -0.2) is 33.9 Å². The molecule has 0 aliphatic carbocycles. The van der Waals surface area contributed by atoms with Crippen LogP contribution in [0.1, 0.15) is 20.8 Å². The summed E-state index contributed by atoms with van der Waals surface area (Å²) in [5.74, 6) is -0.00873. The van der Waals surface area contributed by atoms with Crippen LogP contribution in [0.2, 0.25) is 5.02 Å². The van der Waals surface area contributed by atoms with Gasteiger partial charge in [0.2, 0.25) is 5.95 Å². The first-order chi connectivity index (χ1) is 12.6. The highest BCUT2D eigenvalue weighted by Gasteiger charge is 2.21. The fraction of sp³-hybridized carbons (Fsp3) is 0.278. The quantitative estimate of drug-likeness (QED) is 0.750. The van der Waals surface area contributed by atoms with Gasteiger partial charge in [-0.25, -0.2) is 19.1 Å². The summed E-state index contributed by atoms with van der Waals surface area (Å²) in [6.07, 6.45) is 1.63. The molecule has 8 nitrogen and oxygen atoms in total. The molecular weight excluding hydrogens is 372 g/mol. The van der Waals surface area contributed by atoms with Crippen LogP contribution >= 0.6 is 11.6 Å². The van der Waals surface area contributed by atoms with E-state index in [1.807, 2.05) is 0 Å². The molecule has 0 spiro atoms. The lowest BCUT2D eigenvalue weighted by Gasteiger charge is -2.19. The molecule has 0 bridgehead atoms. The predicted octanol–water partition coefficient (Wildman–Crippen LogP) is 4.30. The topological polar surface area (TPSA) is 108 Å². The van der Waals surface area contributed by atoms with Crippen molar-refractivity contribution in [2.24, 2.45) is 0 Å². The van der Waals surface area contributed by atoms with Crippen LogP contribution in [0.15, 0.2) is 37.1 Å². The number of hydrogen-bond acceptors (Lipinski definition) is 6. The maximum absolute atomic E-state index is 12.2. The van der Waals surface area contributed by atoms with Gasteiger partial charge >= 0.3 is 12.2 Å². The van der Waals surface area contributed by atoms with Crippen molar-refractivity contribution >= 4 is 35.4 Å². The molecule has 3 N–H and O–H groups in total. The molecule has 1 aromatic carbocycles. The molecule has 0 saturated carbocycles. The van der Waals surface area contributed by atoms with Gasteiger partial charge in [0.1, 0.15) is 12.2 Å². The summed E-state index contributed by atoms with van der Waals surface area (Å²) in [6, 6.07) is 4.86. The molecule has 2 aromatic rings. The molecule has 144 valence electrons. The number of halogens is 1. The van der Waals surface area contributed by atoms with Gasteiger partial charge in [-0.05, 0) is 32.9 Å². The zero-order valence-corrected chi connectivity index (χ0v) is 16.0. The molecule has 2 rings (SSSR count). The van der Waals surface area contributed by atoms with Crippen LogP contribution in [0.5, 0.6) is 0 Å². The predicted molar refractivity (Wildman–Crippen MR) is 104 cm³/mol. The van der Waals surface area contributed by atoms with Gasteiger partial charge in [0.25, 0.3) is 0 Å². The molecule has 1 heterocycles. The Labute approximate surface area is 161 Å². The Morgan fingerprint density at radius 1 is 1.41 bits per heavy atom. The molecular formula is C18H21ClN4O4. The van der Waals surface area contributed by atoms with Crippen molar-refractivity contribution in [3.8, 4) is 11.3 Å². The van der Waals surface area contributed by atoms with Crippen LogP contribution in [0.3, 0.4) is 0 Å².